The van der Waals surface area contributed by atoms with E-state index in [-0.39, 0.29) is 11.7 Å². The summed E-state index contributed by atoms with van der Waals surface area (Å²) < 4.78 is 10.6. The van der Waals surface area contributed by atoms with Crippen LogP contribution in [0.25, 0.3) is 0 Å². The molecule has 1 unspecified atom stereocenters. The lowest BCUT2D eigenvalue weighted by molar-refractivity contribution is 0.0606. The normalized spacial score (nSPS) is 18.7. The maximum Gasteiger partial charge on any atom is 0.339 e. The molecule has 0 spiro atoms. The van der Waals surface area contributed by atoms with Gasteiger partial charge in [0.25, 0.3) is 0 Å². The highest BCUT2D eigenvalue weighted by Gasteiger charge is 2.21. The van der Waals surface area contributed by atoms with E-state index in [1.807, 2.05) is 0 Å². The van der Waals surface area contributed by atoms with Gasteiger partial charge >= 0.3 is 5.63 Å². The van der Waals surface area contributed by atoms with Crippen LogP contribution in [0.4, 0.5) is 0 Å². The van der Waals surface area contributed by atoms with Crippen molar-refractivity contribution in [3.8, 4) is 5.75 Å². The summed E-state index contributed by atoms with van der Waals surface area (Å²) in [5.74, 6) is 1.42. The average Bonchev–Trinajstić information content (AvgIpc) is 2.36. The zero-order valence-corrected chi connectivity index (χ0v) is 10.7. The molecular formula is C14H20O4. The quantitative estimate of drug-likeness (QED) is 0.895. The van der Waals surface area contributed by atoms with Gasteiger partial charge in [-0.25, -0.2) is 4.79 Å². The van der Waals surface area contributed by atoms with E-state index in [1.165, 1.54) is 0 Å². The SMILES string of the molecule is CCC(CC1CCOCC1)c1cc(O)cc(=O)o1. The van der Waals surface area contributed by atoms with Crippen molar-refractivity contribution in [2.45, 2.75) is 38.5 Å². The maximum atomic E-state index is 11.3. The molecule has 0 radical (unpaired) electrons. The summed E-state index contributed by atoms with van der Waals surface area (Å²) in [5.41, 5.74) is -0.476. The molecule has 0 aliphatic carbocycles. The number of hydrogen-bond acceptors (Lipinski definition) is 4. The fourth-order valence-corrected chi connectivity index (χ4v) is 2.55. The molecule has 1 aromatic rings. The minimum absolute atomic E-state index is 0.00771. The molecule has 0 aromatic carbocycles. The van der Waals surface area contributed by atoms with Gasteiger partial charge in [-0.3, -0.25) is 0 Å². The average molecular weight is 252 g/mol. The molecule has 1 atom stereocenters. The second kappa shape index (κ2) is 6.05. The molecule has 4 heteroatoms. The molecule has 1 aliphatic rings. The van der Waals surface area contributed by atoms with Crippen molar-refractivity contribution in [3.05, 3.63) is 28.3 Å². The number of hydrogen-bond donors (Lipinski definition) is 1. The third-order valence-corrected chi connectivity index (χ3v) is 3.63. The summed E-state index contributed by atoms with van der Waals surface area (Å²) in [6.07, 6.45) is 4.04. The Balaban J connectivity index is 2.09. The summed E-state index contributed by atoms with van der Waals surface area (Å²) >= 11 is 0. The molecule has 1 aromatic heterocycles. The van der Waals surface area contributed by atoms with Gasteiger partial charge in [0, 0.05) is 25.2 Å². The van der Waals surface area contributed by atoms with E-state index < -0.39 is 5.63 Å². The van der Waals surface area contributed by atoms with Gasteiger partial charge in [0.1, 0.15) is 11.5 Å². The van der Waals surface area contributed by atoms with Crippen LogP contribution in [0.3, 0.4) is 0 Å². The van der Waals surface area contributed by atoms with Gasteiger partial charge in [-0.05, 0) is 31.6 Å². The zero-order valence-electron chi connectivity index (χ0n) is 10.7. The molecule has 1 fully saturated rings. The molecule has 1 N–H and O–H groups in total. The van der Waals surface area contributed by atoms with Crippen LogP contribution in [0.5, 0.6) is 5.75 Å². The number of aromatic hydroxyl groups is 1. The van der Waals surface area contributed by atoms with Crippen molar-refractivity contribution < 1.29 is 14.3 Å². The Morgan fingerprint density at radius 3 is 2.72 bits per heavy atom. The van der Waals surface area contributed by atoms with Gasteiger partial charge in [0.15, 0.2) is 0 Å². The highest BCUT2D eigenvalue weighted by atomic mass is 16.5. The van der Waals surface area contributed by atoms with Crippen molar-refractivity contribution in [2.24, 2.45) is 5.92 Å². The molecule has 1 aliphatic heterocycles. The van der Waals surface area contributed by atoms with Crippen molar-refractivity contribution in [2.75, 3.05) is 13.2 Å². The molecule has 18 heavy (non-hydrogen) atoms. The van der Waals surface area contributed by atoms with E-state index in [4.69, 9.17) is 9.15 Å². The molecule has 0 saturated carbocycles. The molecule has 4 nitrogen and oxygen atoms in total. The van der Waals surface area contributed by atoms with E-state index >= 15 is 0 Å². The first-order chi connectivity index (χ1) is 8.69. The van der Waals surface area contributed by atoms with Gasteiger partial charge in [0.05, 0.1) is 6.07 Å². The predicted octanol–water partition coefficient (Wildman–Crippen LogP) is 2.66. The van der Waals surface area contributed by atoms with Gasteiger partial charge in [-0.1, -0.05) is 6.92 Å². The Labute approximate surface area is 107 Å². The number of rotatable bonds is 4. The molecule has 2 rings (SSSR count). The second-order valence-corrected chi connectivity index (χ2v) is 4.93. The smallest absolute Gasteiger partial charge is 0.339 e. The highest BCUT2D eigenvalue weighted by Crippen LogP contribution is 2.31. The van der Waals surface area contributed by atoms with Gasteiger partial charge in [-0.15, -0.1) is 0 Å². The minimum Gasteiger partial charge on any atom is -0.508 e. The van der Waals surface area contributed by atoms with Gasteiger partial charge < -0.3 is 14.3 Å². The van der Waals surface area contributed by atoms with E-state index in [0.717, 1.165) is 45.0 Å². The Kier molecular flexibility index (Phi) is 4.42. The first-order valence-electron chi connectivity index (χ1n) is 6.61. The summed E-state index contributed by atoms with van der Waals surface area (Å²) in [6, 6.07) is 2.67. The lowest BCUT2D eigenvalue weighted by Crippen LogP contribution is -2.18. The minimum atomic E-state index is -0.476. The second-order valence-electron chi connectivity index (χ2n) is 4.93. The standard InChI is InChI=1S/C14H20O4/c1-2-11(7-10-3-5-17-6-4-10)13-8-12(15)9-14(16)18-13/h8-11,15H,2-7H2,1H3. The molecule has 2 heterocycles. The van der Waals surface area contributed by atoms with Crippen molar-refractivity contribution in [3.63, 3.8) is 0 Å². The van der Waals surface area contributed by atoms with Crippen LogP contribution in [0.2, 0.25) is 0 Å². The molecule has 0 bridgehead atoms. The Hall–Kier alpha value is -1.29. The third kappa shape index (κ3) is 3.35. The van der Waals surface area contributed by atoms with Crippen molar-refractivity contribution >= 4 is 0 Å². The van der Waals surface area contributed by atoms with E-state index in [2.05, 4.69) is 6.92 Å². The zero-order chi connectivity index (χ0) is 13.0. The monoisotopic (exact) mass is 252 g/mol. The van der Waals surface area contributed by atoms with Gasteiger partial charge in [0.2, 0.25) is 0 Å². The largest absolute Gasteiger partial charge is 0.508 e. The summed E-state index contributed by atoms with van der Waals surface area (Å²) in [6.45, 7) is 3.73. The third-order valence-electron chi connectivity index (χ3n) is 3.63. The summed E-state index contributed by atoms with van der Waals surface area (Å²) in [7, 11) is 0. The first-order valence-corrected chi connectivity index (χ1v) is 6.61. The van der Waals surface area contributed by atoms with E-state index in [9.17, 15) is 9.90 Å². The summed E-state index contributed by atoms with van der Waals surface area (Å²) in [5, 5.41) is 9.46. The molecule has 1 saturated heterocycles. The van der Waals surface area contributed by atoms with Crippen LogP contribution in [0.1, 0.15) is 44.3 Å². The molecule has 0 amide bonds. The number of ether oxygens (including phenoxy) is 1. The maximum absolute atomic E-state index is 11.3. The van der Waals surface area contributed by atoms with Crippen LogP contribution in [-0.2, 0) is 4.74 Å². The van der Waals surface area contributed by atoms with Gasteiger partial charge in [-0.2, -0.15) is 0 Å². The van der Waals surface area contributed by atoms with Crippen LogP contribution in [0.15, 0.2) is 21.3 Å². The van der Waals surface area contributed by atoms with Crippen LogP contribution in [0, 0.1) is 5.92 Å². The summed E-state index contributed by atoms with van der Waals surface area (Å²) in [4.78, 5) is 11.3. The van der Waals surface area contributed by atoms with Crippen LogP contribution >= 0.6 is 0 Å². The highest BCUT2D eigenvalue weighted by molar-refractivity contribution is 5.20. The van der Waals surface area contributed by atoms with E-state index in [0.29, 0.717) is 11.7 Å². The molecule has 100 valence electrons. The van der Waals surface area contributed by atoms with Crippen LogP contribution in [-0.4, -0.2) is 18.3 Å². The Bertz CT molecular complexity index is 432. The van der Waals surface area contributed by atoms with Crippen molar-refractivity contribution in [1.29, 1.82) is 0 Å². The van der Waals surface area contributed by atoms with Crippen LogP contribution < -0.4 is 5.63 Å². The lowest BCUT2D eigenvalue weighted by atomic mass is 9.86. The Morgan fingerprint density at radius 1 is 1.39 bits per heavy atom. The Morgan fingerprint density at radius 2 is 2.11 bits per heavy atom. The molecular weight excluding hydrogens is 232 g/mol. The fraction of sp³-hybridized carbons (Fsp3) is 0.643. The predicted molar refractivity (Wildman–Crippen MR) is 67.8 cm³/mol. The fourth-order valence-electron chi connectivity index (χ4n) is 2.55. The van der Waals surface area contributed by atoms with Crippen molar-refractivity contribution in [1.82, 2.24) is 0 Å². The van der Waals surface area contributed by atoms with E-state index in [1.54, 1.807) is 6.07 Å². The first kappa shape index (κ1) is 13.1. The topological polar surface area (TPSA) is 59.7 Å². The lowest BCUT2D eigenvalue weighted by Gasteiger charge is -2.25.